The first-order chi connectivity index (χ1) is 8.03. The van der Waals surface area contributed by atoms with Crippen LogP contribution in [0.3, 0.4) is 0 Å². The third-order valence-corrected chi connectivity index (χ3v) is 2.51. The fourth-order valence-corrected chi connectivity index (χ4v) is 1.54. The Kier molecular flexibility index (Phi) is 2.85. The molecule has 17 heavy (non-hydrogen) atoms. The third kappa shape index (κ3) is 2.29. The summed E-state index contributed by atoms with van der Waals surface area (Å²) in [6, 6.07) is 3.70. The molecule has 0 radical (unpaired) electrons. The number of hydrogen-bond acceptors (Lipinski definition) is 5. The minimum atomic E-state index is -0.458. The highest BCUT2D eigenvalue weighted by molar-refractivity contribution is 5.93. The normalized spacial score (nSPS) is 11.7. The van der Waals surface area contributed by atoms with Crippen LogP contribution in [-0.4, -0.2) is 27.2 Å². The molecule has 0 atom stereocenters. The fraction of sp³-hybridized carbons (Fsp3) is 0.333. The summed E-state index contributed by atoms with van der Waals surface area (Å²) in [6.45, 7) is 3.78. The van der Waals surface area contributed by atoms with E-state index in [-0.39, 0.29) is 6.61 Å². The van der Waals surface area contributed by atoms with Crippen LogP contribution in [0.2, 0.25) is 0 Å². The number of aromatic nitrogens is 2. The Bertz CT molecular complexity index is 539. The smallest absolute Gasteiger partial charge is 0.114 e. The number of aliphatic hydroxyl groups excluding tert-OH is 1. The van der Waals surface area contributed by atoms with Crippen molar-refractivity contribution in [3.05, 3.63) is 24.5 Å². The van der Waals surface area contributed by atoms with Crippen LogP contribution in [0.1, 0.15) is 13.8 Å². The Balaban J connectivity index is 2.55. The van der Waals surface area contributed by atoms with Gasteiger partial charge in [-0.1, -0.05) is 0 Å². The number of nitrogens with one attached hydrogen (secondary N) is 1. The molecule has 2 aromatic heterocycles. The van der Waals surface area contributed by atoms with Gasteiger partial charge in [-0.15, -0.1) is 0 Å². The van der Waals surface area contributed by atoms with E-state index in [9.17, 15) is 5.11 Å². The minimum Gasteiger partial charge on any atom is -0.396 e. The number of rotatable bonds is 3. The van der Waals surface area contributed by atoms with E-state index in [0.29, 0.717) is 11.2 Å². The standard InChI is InChI=1S/C12H16N4O/c1-12(2,7-17)16-10-8(13)6-15-9-4-3-5-14-11(9)10/h3-6,17H,7,13H2,1-2H3,(H,15,16). The Morgan fingerprint density at radius 2 is 2.18 bits per heavy atom. The first kappa shape index (κ1) is 11.6. The van der Waals surface area contributed by atoms with Gasteiger partial charge in [0.2, 0.25) is 0 Å². The lowest BCUT2D eigenvalue weighted by Gasteiger charge is -2.26. The zero-order valence-electron chi connectivity index (χ0n) is 9.94. The van der Waals surface area contributed by atoms with Gasteiger partial charge in [-0.05, 0) is 26.0 Å². The van der Waals surface area contributed by atoms with Gasteiger partial charge in [0.15, 0.2) is 0 Å². The van der Waals surface area contributed by atoms with Gasteiger partial charge in [-0.2, -0.15) is 0 Å². The molecular formula is C12H16N4O. The zero-order valence-corrected chi connectivity index (χ0v) is 9.94. The number of hydrogen-bond donors (Lipinski definition) is 3. The van der Waals surface area contributed by atoms with E-state index in [1.54, 1.807) is 12.4 Å². The number of pyridine rings is 2. The summed E-state index contributed by atoms with van der Waals surface area (Å²) in [5.41, 5.74) is 8.18. The molecule has 0 bridgehead atoms. The number of fused-ring (bicyclic) bond motifs is 1. The lowest BCUT2D eigenvalue weighted by atomic mass is 10.1. The van der Waals surface area contributed by atoms with Crippen LogP contribution in [0, 0.1) is 0 Å². The molecule has 0 aliphatic rings. The number of nitrogens with two attached hydrogens (primary N) is 1. The molecule has 4 N–H and O–H groups in total. The van der Waals surface area contributed by atoms with E-state index in [1.807, 2.05) is 26.0 Å². The van der Waals surface area contributed by atoms with E-state index in [2.05, 4.69) is 15.3 Å². The van der Waals surface area contributed by atoms with E-state index in [1.165, 1.54) is 0 Å². The Labute approximate surface area is 99.7 Å². The summed E-state index contributed by atoms with van der Waals surface area (Å²) in [7, 11) is 0. The highest BCUT2D eigenvalue weighted by Crippen LogP contribution is 2.28. The van der Waals surface area contributed by atoms with Crippen LogP contribution in [0.4, 0.5) is 11.4 Å². The second-order valence-corrected chi connectivity index (χ2v) is 4.63. The molecule has 0 aliphatic carbocycles. The van der Waals surface area contributed by atoms with Gasteiger partial charge in [-0.3, -0.25) is 9.97 Å². The molecule has 0 fully saturated rings. The molecule has 0 aliphatic heterocycles. The highest BCUT2D eigenvalue weighted by atomic mass is 16.3. The predicted octanol–water partition coefficient (Wildman–Crippen LogP) is 1.39. The maximum Gasteiger partial charge on any atom is 0.114 e. The van der Waals surface area contributed by atoms with Crippen LogP contribution in [0.25, 0.3) is 11.0 Å². The van der Waals surface area contributed by atoms with Crippen molar-refractivity contribution in [2.75, 3.05) is 17.7 Å². The summed E-state index contributed by atoms with van der Waals surface area (Å²) < 4.78 is 0. The highest BCUT2D eigenvalue weighted by Gasteiger charge is 2.19. The maximum atomic E-state index is 9.28. The molecule has 2 rings (SSSR count). The fourth-order valence-electron chi connectivity index (χ4n) is 1.54. The maximum absolute atomic E-state index is 9.28. The van der Waals surface area contributed by atoms with Crippen molar-refractivity contribution in [1.29, 1.82) is 0 Å². The molecule has 0 saturated heterocycles. The predicted molar refractivity (Wildman–Crippen MR) is 68.7 cm³/mol. The second kappa shape index (κ2) is 4.18. The zero-order chi connectivity index (χ0) is 12.5. The van der Waals surface area contributed by atoms with Crippen LogP contribution in [-0.2, 0) is 0 Å². The van der Waals surface area contributed by atoms with Crippen molar-refractivity contribution in [3.63, 3.8) is 0 Å². The van der Waals surface area contributed by atoms with Crippen molar-refractivity contribution in [2.45, 2.75) is 19.4 Å². The molecule has 0 aromatic carbocycles. The molecular weight excluding hydrogens is 216 g/mol. The molecule has 0 saturated carbocycles. The van der Waals surface area contributed by atoms with Crippen molar-refractivity contribution in [2.24, 2.45) is 0 Å². The summed E-state index contributed by atoms with van der Waals surface area (Å²) in [5.74, 6) is 0. The van der Waals surface area contributed by atoms with E-state index in [0.717, 1.165) is 11.2 Å². The van der Waals surface area contributed by atoms with Gasteiger partial charge in [0.05, 0.1) is 35.2 Å². The van der Waals surface area contributed by atoms with E-state index < -0.39 is 5.54 Å². The molecule has 5 heteroatoms. The van der Waals surface area contributed by atoms with Gasteiger partial charge < -0.3 is 16.2 Å². The molecule has 2 aromatic rings. The van der Waals surface area contributed by atoms with E-state index >= 15 is 0 Å². The first-order valence-electron chi connectivity index (χ1n) is 5.42. The van der Waals surface area contributed by atoms with Crippen LogP contribution < -0.4 is 11.1 Å². The lowest BCUT2D eigenvalue weighted by molar-refractivity contribution is 0.234. The monoisotopic (exact) mass is 232 g/mol. The Morgan fingerprint density at radius 1 is 1.41 bits per heavy atom. The summed E-state index contributed by atoms with van der Waals surface area (Å²) in [4.78, 5) is 8.48. The topological polar surface area (TPSA) is 84.1 Å². The van der Waals surface area contributed by atoms with Crippen LogP contribution in [0.5, 0.6) is 0 Å². The molecule has 5 nitrogen and oxygen atoms in total. The van der Waals surface area contributed by atoms with Gasteiger partial charge in [0.25, 0.3) is 0 Å². The molecule has 90 valence electrons. The average Bonchev–Trinajstić information content (AvgIpc) is 2.33. The minimum absolute atomic E-state index is 0.00307. The van der Waals surface area contributed by atoms with Gasteiger partial charge in [0, 0.05) is 6.20 Å². The molecule has 0 spiro atoms. The number of nitrogen functional groups attached to an aromatic ring is 1. The molecule has 0 amide bonds. The Hall–Kier alpha value is -1.88. The van der Waals surface area contributed by atoms with Crippen molar-refractivity contribution >= 4 is 22.4 Å². The average molecular weight is 232 g/mol. The summed E-state index contributed by atoms with van der Waals surface area (Å²) in [5, 5.41) is 12.5. The van der Waals surface area contributed by atoms with Crippen LogP contribution in [0.15, 0.2) is 24.5 Å². The first-order valence-corrected chi connectivity index (χ1v) is 5.42. The molecule has 0 unspecified atom stereocenters. The van der Waals surface area contributed by atoms with Gasteiger partial charge in [-0.25, -0.2) is 0 Å². The Morgan fingerprint density at radius 3 is 2.88 bits per heavy atom. The summed E-state index contributed by atoms with van der Waals surface area (Å²) in [6.07, 6.45) is 3.29. The second-order valence-electron chi connectivity index (χ2n) is 4.63. The molecule has 2 heterocycles. The number of aliphatic hydroxyl groups is 1. The van der Waals surface area contributed by atoms with Gasteiger partial charge >= 0.3 is 0 Å². The quantitative estimate of drug-likeness (QED) is 0.744. The van der Waals surface area contributed by atoms with Crippen LogP contribution >= 0.6 is 0 Å². The van der Waals surface area contributed by atoms with Gasteiger partial charge in [0.1, 0.15) is 5.52 Å². The SMILES string of the molecule is CC(C)(CO)Nc1c(N)cnc2cccnc12. The van der Waals surface area contributed by atoms with Crippen molar-refractivity contribution < 1.29 is 5.11 Å². The van der Waals surface area contributed by atoms with E-state index in [4.69, 9.17) is 5.73 Å². The number of anilines is 2. The lowest BCUT2D eigenvalue weighted by Crippen LogP contribution is -2.35. The third-order valence-electron chi connectivity index (χ3n) is 2.51. The van der Waals surface area contributed by atoms with Crippen molar-refractivity contribution in [3.8, 4) is 0 Å². The summed E-state index contributed by atoms with van der Waals surface area (Å²) >= 11 is 0. The number of nitrogens with zero attached hydrogens (tertiary/aromatic N) is 2. The van der Waals surface area contributed by atoms with Crippen molar-refractivity contribution in [1.82, 2.24) is 9.97 Å². The largest absolute Gasteiger partial charge is 0.396 e.